The first-order chi connectivity index (χ1) is 20.8. The van der Waals surface area contributed by atoms with Gasteiger partial charge in [0.05, 0.1) is 13.2 Å². The van der Waals surface area contributed by atoms with Crippen LogP contribution in [0, 0.1) is 0 Å². The van der Waals surface area contributed by atoms with Gasteiger partial charge in [-0.15, -0.1) is 0 Å². The van der Waals surface area contributed by atoms with Gasteiger partial charge in [0.2, 0.25) is 0 Å². The zero-order valence-electron chi connectivity index (χ0n) is 27.0. The summed E-state index contributed by atoms with van der Waals surface area (Å²) in [6.07, 6.45) is 26.7. The van der Waals surface area contributed by atoms with Crippen LogP contribution < -0.4 is 9.47 Å². The summed E-state index contributed by atoms with van der Waals surface area (Å²) in [5, 5.41) is 7.58. The Hall–Kier alpha value is -2.48. The molecule has 0 saturated carbocycles. The molecule has 42 heavy (non-hydrogen) atoms. The summed E-state index contributed by atoms with van der Waals surface area (Å²) < 4.78 is 13.3. The monoisotopic (exact) mass is 570 g/mol. The molecule has 0 atom stereocenters. The molecule has 0 radical (unpaired) electrons. The fourth-order valence-electron chi connectivity index (χ4n) is 6.59. The normalized spacial score (nSPS) is 11.8. The van der Waals surface area contributed by atoms with Gasteiger partial charge >= 0.3 is 0 Å². The number of benzene rings is 4. The van der Waals surface area contributed by atoms with E-state index in [9.17, 15) is 0 Å². The van der Waals surface area contributed by atoms with Gasteiger partial charge in [0.25, 0.3) is 0 Å². The number of hydrogen-bond donors (Lipinski definition) is 0. The van der Waals surface area contributed by atoms with Crippen LogP contribution in [0.25, 0.3) is 32.3 Å². The number of ether oxygens (including phenoxy) is 2. The van der Waals surface area contributed by atoms with Crippen molar-refractivity contribution in [2.75, 3.05) is 13.2 Å². The maximum atomic E-state index is 6.65. The van der Waals surface area contributed by atoms with Crippen molar-refractivity contribution in [2.24, 2.45) is 0 Å². The van der Waals surface area contributed by atoms with Gasteiger partial charge in [-0.05, 0) is 23.6 Å². The molecule has 4 aromatic carbocycles. The highest BCUT2D eigenvalue weighted by atomic mass is 16.5. The molecule has 0 N–H and O–H groups in total. The Balaban J connectivity index is 1.34. The van der Waals surface area contributed by atoms with Gasteiger partial charge in [-0.25, -0.2) is 0 Å². The van der Waals surface area contributed by atoms with Crippen LogP contribution >= 0.6 is 0 Å². The lowest BCUT2D eigenvalue weighted by molar-refractivity contribution is 0.263. The third-order valence-electron chi connectivity index (χ3n) is 9.07. The summed E-state index contributed by atoms with van der Waals surface area (Å²) in [6, 6.07) is 17.8. The Bertz CT molecular complexity index is 1180. The van der Waals surface area contributed by atoms with Crippen molar-refractivity contribution in [2.45, 2.75) is 142 Å². The molecular formula is C40H58O2. The number of rotatable bonds is 24. The minimum atomic E-state index is 0.755. The van der Waals surface area contributed by atoms with Gasteiger partial charge in [-0.1, -0.05) is 178 Å². The fourth-order valence-corrected chi connectivity index (χ4v) is 6.59. The van der Waals surface area contributed by atoms with E-state index in [2.05, 4.69) is 62.4 Å². The molecule has 0 aliphatic rings. The van der Waals surface area contributed by atoms with Crippen molar-refractivity contribution in [3.05, 3.63) is 48.5 Å². The molecule has 2 heteroatoms. The molecule has 0 amide bonds. The molecule has 0 spiro atoms. The molecule has 2 nitrogen and oxygen atoms in total. The average Bonchev–Trinajstić information content (AvgIpc) is 3.02. The topological polar surface area (TPSA) is 18.5 Å². The maximum absolute atomic E-state index is 6.65. The van der Waals surface area contributed by atoms with Crippen LogP contribution in [0.5, 0.6) is 11.5 Å². The van der Waals surface area contributed by atoms with Crippen molar-refractivity contribution in [1.82, 2.24) is 0 Å². The molecule has 0 heterocycles. The first kappa shape index (κ1) is 32.4. The third kappa shape index (κ3) is 9.51. The van der Waals surface area contributed by atoms with Crippen molar-refractivity contribution < 1.29 is 9.47 Å². The van der Waals surface area contributed by atoms with E-state index < -0.39 is 0 Å². The summed E-state index contributed by atoms with van der Waals surface area (Å²) in [5.74, 6) is 1.91. The van der Waals surface area contributed by atoms with Gasteiger partial charge in [0.15, 0.2) is 11.5 Å². The predicted molar refractivity (Wildman–Crippen MR) is 185 cm³/mol. The van der Waals surface area contributed by atoms with Crippen LogP contribution in [0.4, 0.5) is 0 Å². The van der Waals surface area contributed by atoms with Crippen LogP contribution in [0.15, 0.2) is 48.5 Å². The Morgan fingerprint density at radius 2 is 0.714 bits per heavy atom. The summed E-state index contributed by atoms with van der Waals surface area (Å²) in [6.45, 7) is 6.09. The van der Waals surface area contributed by atoms with E-state index in [0.29, 0.717) is 0 Å². The highest BCUT2D eigenvalue weighted by Crippen LogP contribution is 2.47. The van der Waals surface area contributed by atoms with Gasteiger partial charge in [-0.2, -0.15) is 0 Å². The lowest BCUT2D eigenvalue weighted by Crippen LogP contribution is -2.05. The maximum Gasteiger partial charge on any atom is 0.169 e. The van der Waals surface area contributed by atoms with E-state index in [4.69, 9.17) is 9.47 Å². The van der Waals surface area contributed by atoms with Crippen molar-refractivity contribution in [3.63, 3.8) is 0 Å². The summed E-state index contributed by atoms with van der Waals surface area (Å²) in [5.41, 5.74) is 0. The summed E-state index contributed by atoms with van der Waals surface area (Å²) >= 11 is 0. The van der Waals surface area contributed by atoms with E-state index in [1.165, 1.54) is 148 Å². The van der Waals surface area contributed by atoms with Crippen LogP contribution in [0.2, 0.25) is 0 Å². The van der Waals surface area contributed by atoms with Crippen LogP contribution in [0.3, 0.4) is 0 Å². The average molecular weight is 571 g/mol. The highest BCUT2D eigenvalue weighted by molar-refractivity contribution is 6.26. The first-order valence-electron chi connectivity index (χ1n) is 17.8. The van der Waals surface area contributed by atoms with E-state index in [1.54, 1.807) is 0 Å². The highest BCUT2D eigenvalue weighted by Gasteiger charge is 2.20. The molecule has 230 valence electrons. The minimum Gasteiger partial charge on any atom is -0.489 e. The van der Waals surface area contributed by atoms with E-state index in [0.717, 1.165) is 37.6 Å². The molecule has 0 aliphatic heterocycles. The number of unbranched alkanes of at least 4 members (excludes halogenated alkanes) is 18. The second kappa shape index (κ2) is 18.9. The molecule has 4 aromatic rings. The predicted octanol–water partition coefficient (Wildman–Crippen LogP) is 13.2. The molecule has 4 rings (SSSR count). The summed E-state index contributed by atoms with van der Waals surface area (Å²) in [7, 11) is 0. The Morgan fingerprint density at radius 3 is 1.07 bits per heavy atom. The standard InChI is InChI=1S/C40H58O2/c1-3-5-7-9-11-13-15-17-19-21-31-41-39-35-27-23-25-33-29-30-34-26-24-28-36(38(34)37(33)35)40(39)42-32-22-20-18-16-14-12-10-8-6-4-2/h23-30H,3-22,31-32H2,1-2H3. The van der Waals surface area contributed by atoms with Crippen molar-refractivity contribution >= 4 is 32.3 Å². The largest absolute Gasteiger partial charge is 0.489 e. The fraction of sp³-hybridized carbons (Fsp3) is 0.600. The van der Waals surface area contributed by atoms with Gasteiger partial charge in [0, 0.05) is 21.5 Å². The SMILES string of the molecule is CCCCCCCCCCCCOc1c(OCCCCCCCCCCCC)c2cccc3ccc4cccc1c4c32. The first-order valence-corrected chi connectivity index (χ1v) is 17.8. The molecule has 0 fully saturated rings. The smallest absolute Gasteiger partial charge is 0.169 e. The minimum absolute atomic E-state index is 0.755. The molecular weight excluding hydrogens is 512 g/mol. The molecule has 0 aliphatic carbocycles. The van der Waals surface area contributed by atoms with Crippen molar-refractivity contribution in [3.8, 4) is 11.5 Å². The second-order valence-corrected chi connectivity index (χ2v) is 12.6. The lowest BCUT2D eigenvalue weighted by atomic mass is 9.93. The third-order valence-corrected chi connectivity index (χ3v) is 9.07. The molecule has 0 aromatic heterocycles. The van der Waals surface area contributed by atoms with E-state index >= 15 is 0 Å². The molecule has 0 bridgehead atoms. The van der Waals surface area contributed by atoms with Crippen LogP contribution in [-0.2, 0) is 0 Å². The molecule has 0 saturated heterocycles. The quantitative estimate of drug-likeness (QED) is 0.0616. The van der Waals surface area contributed by atoms with Gasteiger partial charge in [0.1, 0.15) is 0 Å². The zero-order chi connectivity index (χ0) is 29.2. The van der Waals surface area contributed by atoms with Gasteiger partial charge < -0.3 is 9.47 Å². The van der Waals surface area contributed by atoms with Crippen molar-refractivity contribution in [1.29, 1.82) is 0 Å². The Kier molecular flexibility index (Phi) is 14.6. The zero-order valence-corrected chi connectivity index (χ0v) is 27.0. The lowest BCUT2D eigenvalue weighted by Gasteiger charge is -2.20. The Morgan fingerprint density at radius 1 is 0.381 bits per heavy atom. The van der Waals surface area contributed by atoms with Gasteiger partial charge in [-0.3, -0.25) is 0 Å². The number of hydrogen-bond acceptors (Lipinski definition) is 2. The van der Waals surface area contributed by atoms with E-state index in [-0.39, 0.29) is 0 Å². The van der Waals surface area contributed by atoms with E-state index in [1.807, 2.05) is 0 Å². The van der Waals surface area contributed by atoms with Crippen LogP contribution in [-0.4, -0.2) is 13.2 Å². The molecule has 0 unspecified atom stereocenters. The Labute approximate surface area is 256 Å². The van der Waals surface area contributed by atoms with Crippen LogP contribution in [0.1, 0.15) is 142 Å². The second-order valence-electron chi connectivity index (χ2n) is 12.6. The summed E-state index contributed by atoms with van der Waals surface area (Å²) in [4.78, 5) is 0.